The summed E-state index contributed by atoms with van der Waals surface area (Å²) in [5.41, 5.74) is 0.517. The average Bonchev–Trinajstić information content (AvgIpc) is 2.71. The summed E-state index contributed by atoms with van der Waals surface area (Å²) in [6, 6.07) is 1.42. The van der Waals surface area contributed by atoms with Gasteiger partial charge in [-0.1, -0.05) is 0 Å². The summed E-state index contributed by atoms with van der Waals surface area (Å²) in [7, 11) is 1.56. The largest absolute Gasteiger partial charge is 0.477 e. The van der Waals surface area contributed by atoms with Crippen molar-refractivity contribution in [2.24, 2.45) is 7.05 Å². The zero-order valence-corrected chi connectivity index (χ0v) is 8.26. The standard InChI is InChI=1S/C9H9N3O3/c1-5-4-10-8(15-5)6-3-7(9(13)14)12(2)11-6/h3-4H,1-2H3,(H,13,14). The fraction of sp³-hybridized carbons (Fsp3) is 0.222. The lowest BCUT2D eigenvalue weighted by atomic mass is 10.3. The highest BCUT2D eigenvalue weighted by molar-refractivity contribution is 5.86. The van der Waals surface area contributed by atoms with Crippen LogP contribution in [0, 0.1) is 6.92 Å². The minimum atomic E-state index is -1.03. The Morgan fingerprint density at radius 2 is 2.33 bits per heavy atom. The van der Waals surface area contributed by atoms with Crippen LogP contribution in [0.5, 0.6) is 0 Å². The third-order valence-corrected chi connectivity index (χ3v) is 1.94. The van der Waals surface area contributed by atoms with Crippen molar-refractivity contribution in [3.8, 4) is 11.6 Å². The Balaban J connectivity index is 2.46. The van der Waals surface area contributed by atoms with Gasteiger partial charge < -0.3 is 9.52 Å². The normalized spacial score (nSPS) is 10.5. The number of hydrogen-bond donors (Lipinski definition) is 1. The molecule has 2 aromatic heterocycles. The third kappa shape index (κ3) is 1.61. The van der Waals surface area contributed by atoms with Gasteiger partial charge in [0, 0.05) is 13.1 Å². The van der Waals surface area contributed by atoms with E-state index in [1.54, 1.807) is 20.2 Å². The lowest BCUT2D eigenvalue weighted by Crippen LogP contribution is -2.04. The Labute approximate surface area is 85.2 Å². The van der Waals surface area contributed by atoms with Gasteiger partial charge in [0.15, 0.2) is 0 Å². The highest BCUT2D eigenvalue weighted by Gasteiger charge is 2.15. The molecule has 0 amide bonds. The minimum absolute atomic E-state index is 0.0980. The Morgan fingerprint density at radius 3 is 2.80 bits per heavy atom. The molecule has 2 aromatic rings. The van der Waals surface area contributed by atoms with E-state index in [9.17, 15) is 4.79 Å². The molecule has 2 rings (SSSR count). The van der Waals surface area contributed by atoms with Gasteiger partial charge >= 0.3 is 5.97 Å². The van der Waals surface area contributed by atoms with E-state index in [1.165, 1.54) is 10.7 Å². The number of carboxylic acid groups (broad SMARTS) is 1. The number of hydrogen-bond acceptors (Lipinski definition) is 4. The zero-order chi connectivity index (χ0) is 11.0. The van der Waals surface area contributed by atoms with E-state index >= 15 is 0 Å². The highest BCUT2D eigenvalue weighted by atomic mass is 16.4. The van der Waals surface area contributed by atoms with Crippen LogP contribution in [0.25, 0.3) is 11.6 Å². The van der Waals surface area contributed by atoms with Crippen molar-refractivity contribution in [2.75, 3.05) is 0 Å². The average molecular weight is 207 g/mol. The summed E-state index contributed by atoms with van der Waals surface area (Å²) in [6.07, 6.45) is 1.56. The predicted octanol–water partition coefficient (Wildman–Crippen LogP) is 1.08. The molecule has 15 heavy (non-hydrogen) atoms. The summed E-state index contributed by atoms with van der Waals surface area (Å²) in [4.78, 5) is 14.7. The van der Waals surface area contributed by atoms with E-state index in [2.05, 4.69) is 10.1 Å². The molecule has 6 nitrogen and oxygen atoms in total. The molecule has 0 aromatic carbocycles. The van der Waals surface area contributed by atoms with Gasteiger partial charge in [-0.15, -0.1) is 0 Å². The fourth-order valence-corrected chi connectivity index (χ4v) is 1.25. The zero-order valence-electron chi connectivity index (χ0n) is 8.26. The van der Waals surface area contributed by atoms with Gasteiger partial charge in [-0.2, -0.15) is 5.10 Å². The molecule has 2 heterocycles. The van der Waals surface area contributed by atoms with E-state index < -0.39 is 5.97 Å². The maximum Gasteiger partial charge on any atom is 0.354 e. The van der Waals surface area contributed by atoms with Crippen LogP contribution in [0.4, 0.5) is 0 Å². The molecule has 1 N–H and O–H groups in total. The van der Waals surface area contributed by atoms with Gasteiger partial charge in [0.1, 0.15) is 17.1 Å². The minimum Gasteiger partial charge on any atom is -0.477 e. The molecule has 0 aliphatic carbocycles. The van der Waals surface area contributed by atoms with Gasteiger partial charge in [-0.3, -0.25) is 4.68 Å². The quantitative estimate of drug-likeness (QED) is 0.796. The molecule has 0 aliphatic rings. The van der Waals surface area contributed by atoms with Crippen LogP contribution in [0.3, 0.4) is 0 Å². The Morgan fingerprint density at radius 1 is 1.60 bits per heavy atom. The number of carboxylic acids is 1. The molecule has 0 radical (unpaired) electrons. The van der Waals surface area contributed by atoms with Crippen molar-refractivity contribution >= 4 is 5.97 Å². The van der Waals surface area contributed by atoms with Gasteiger partial charge in [-0.05, 0) is 6.92 Å². The predicted molar refractivity (Wildman–Crippen MR) is 50.4 cm³/mol. The van der Waals surface area contributed by atoms with E-state index in [4.69, 9.17) is 9.52 Å². The molecule has 0 atom stereocenters. The second-order valence-electron chi connectivity index (χ2n) is 3.12. The summed E-state index contributed by atoms with van der Waals surface area (Å²) in [6.45, 7) is 1.76. The summed E-state index contributed by atoms with van der Waals surface area (Å²) in [5, 5.41) is 12.8. The molecule has 0 spiro atoms. The molecular weight excluding hydrogens is 198 g/mol. The van der Waals surface area contributed by atoms with Crippen LogP contribution in [0.15, 0.2) is 16.7 Å². The van der Waals surface area contributed by atoms with Crippen LogP contribution in [0.2, 0.25) is 0 Å². The van der Waals surface area contributed by atoms with Crippen LogP contribution < -0.4 is 0 Å². The molecule has 0 fully saturated rings. The van der Waals surface area contributed by atoms with Crippen molar-refractivity contribution in [1.82, 2.24) is 14.8 Å². The van der Waals surface area contributed by atoms with E-state index in [0.717, 1.165) is 0 Å². The van der Waals surface area contributed by atoms with Gasteiger partial charge in [0.25, 0.3) is 0 Å². The van der Waals surface area contributed by atoms with Crippen molar-refractivity contribution in [3.63, 3.8) is 0 Å². The lowest BCUT2D eigenvalue weighted by molar-refractivity contribution is 0.0685. The van der Waals surface area contributed by atoms with Crippen molar-refractivity contribution in [2.45, 2.75) is 6.92 Å². The van der Waals surface area contributed by atoms with Gasteiger partial charge in [0.05, 0.1) is 6.20 Å². The first-order valence-corrected chi connectivity index (χ1v) is 4.28. The lowest BCUT2D eigenvalue weighted by Gasteiger charge is -1.91. The Kier molecular flexibility index (Phi) is 2.03. The fourth-order valence-electron chi connectivity index (χ4n) is 1.25. The van der Waals surface area contributed by atoms with E-state index in [1.807, 2.05) is 0 Å². The number of aryl methyl sites for hydroxylation is 2. The highest BCUT2D eigenvalue weighted by Crippen LogP contribution is 2.18. The summed E-state index contributed by atoms with van der Waals surface area (Å²) in [5.74, 6) is -0.0392. The first kappa shape index (κ1) is 9.45. The monoisotopic (exact) mass is 207 g/mol. The maximum absolute atomic E-state index is 10.8. The number of carbonyl (C=O) groups is 1. The van der Waals surface area contributed by atoms with Crippen LogP contribution in [-0.2, 0) is 7.05 Å². The molecule has 78 valence electrons. The maximum atomic E-state index is 10.8. The molecule has 0 saturated heterocycles. The Bertz CT molecular complexity index is 512. The number of oxazole rings is 1. The molecule has 0 unspecified atom stereocenters. The number of aromatic nitrogens is 3. The molecule has 0 bridgehead atoms. The summed E-state index contributed by atoms with van der Waals surface area (Å²) < 4.78 is 6.51. The number of nitrogens with zero attached hydrogens (tertiary/aromatic N) is 3. The second-order valence-corrected chi connectivity index (χ2v) is 3.12. The molecule has 6 heteroatoms. The van der Waals surface area contributed by atoms with Crippen molar-refractivity contribution in [1.29, 1.82) is 0 Å². The van der Waals surface area contributed by atoms with Crippen LogP contribution >= 0.6 is 0 Å². The first-order valence-electron chi connectivity index (χ1n) is 4.28. The van der Waals surface area contributed by atoms with Gasteiger partial charge in [-0.25, -0.2) is 9.78 Å². The van der Waals surface area contributed by atoms with Crippen LogP contribution in [0.1, 0.15) is 16.2 Å². The van der Waals surface area contributed by atoms with Crippen molar-refractivity contribution in [3.05, 3.63) is 23.7 Å². The SMILES string of the molecule is Cc1cnc(-c2cc(C(=O)O)n(C)n2)o1. The molecular formula is C9H9N3O3. The molecule has 0 saturated carbocycles. The van der Waals surface area contributed by atoms with E-state index in [-0.39, 0.29) is 5.69 Å². The first-order chi connectivity index (χ1) is 7.08. The van der Waals surface area contributed by atoms with Crippen molar-refractivity contribution < 1.29 is 14.3 Å². The Hall–Kier alpha value is -2.11. The summed E-state index contributed by atoms with van der Waals surface area (Å²) >= 11 is 0. The topological polar surface area (TPSA) is 81.1 Å². The smallest absolute Gasteiger partial charge is 0.354 e. The third-order valence-electron chi connectivity index (χ3n) is 1.94. The number of aromatic carboxylic acids is 1. The second kappa shape index (κ2) is 3.23. The molecule has 0 aliphatic heterocycles. The van der Waals surface area contributed by atoms with Gasteiger partial charge in [0.2, 0.25) is 5.89 Å². The van der Waals surface area contributed by atoms with Crippen LogP contribution in [-0.4, -0.2) is 25.8 Å². The van der Waals surface area contributed by atoms with E-state index in [0.29, 0.717) is 17.3 Å². The number of rotatable bonds is 2.